The lowest BCUT2D eigenvalue weighted by molar-refractivity contribution is -0.138. The zero-order valence-electron chi connectivity index (χ0n) is 9.73. The molecule has 3 amide bonds. The van der Waals surface area contributed by atoms with E-state index in [1.165, 1.54) is 6.92 Å². The summed E-state index contributed by atoms with van der Waals surface area (Å²) < 4.78 is 0. The van der Waals surface area contributed by atoms with Gasteiger partial charge in [-0.2, -0.15) is 0 Å². The van der Waals surface area contributed by atoms with Crippen LogP contribution in [0.15, 0.2) is 0 Å². The number of hydrogen-bond acceptors (Lipinski definition) is 5. The van der Waals surface area contributed by atoms with Gasteiger partial charge in [0.25, 0.3) is 0 Å². The summed E-state index contributed by atoms with van der Waals surface area (Å²) in [5, 5.41) is 23.1. The molecule has 0 aromatic rings. The second kappa shape index (κ2) is 8.01. The summed E-state index contributed by atoms with van der Waals surface area (Å²) in [5.74, 6) is -3.20. The van der Waals surface area contributed by atoms with Gasteiger partial charge in [-0.3, -0.25) is 19.2 Å². The summed E-state index contributed by atoms with van der Waals surface area (Å²) in [6.07, 6.45) is 0. The highest BCUT2D eigenvalue weighted by molar-refractivity contribution is 5.91. The van der Waals surface area contributed by atoms with Crippen LogP contribution in [0.1, 0.15) is 6.92 Å². The van der Waals surface area contributed by atoms with Crippen LogP contribution in [-0.4, -0.2) is 59.6 Å². The van der Waals surface area contributed by atoms with Gasteiger partial charge in [-0.25, -0.2) is 0 Å². The number of aliphatic carboxylic acids is 1. The Morgan fingerprint density at radius 3 is 2.17 bits per heavy atom. The summed E-state index contributed by atoms with van der Waals surface area (Å²) in [6.45, 7) is -0.291. The van der Waals surface area contributed by atoms with Gasteiger partial charge in [0.05, 0.1) is 6.54 Å². The molecule has 102 valence electrons. The molecular weight excluding hydrogens is 246 g/mol. The van der Waals surface area contributed by atoms with Crippen LogP contribution in [0, 0.1) is 0 Å². The second-order valence-corrected chi connectivity index (χ2v) is 3.34. The van der Waals surface area contributed by atoms with E-state index >= 15 is 0 Å². The molecule has 9 nitrogen and oxygen atoms in total. The van der Waals surface area contributed by atoms with Gasteiger partial charge in [-0.1, -0.05) is 0 Å². The van der Waals surface area contributed by atoms with Gasteiger partial charge in [0.15, 0.2) is 0 Å². The number of aliphatic hydroxyl groups is 1. The van der Waals surface area contributed by atoms with Gasteiger partial charge < -0.3 is 26.2 Å². The molecule has 0 aliphatic heterocycles. The van der Waals surface area contributed by atoms with Crippen molar-refractivity contribution in [2.24, 2.45) is 0 Å². The van der Waals surface area contributed by atoms with E-state index < -0.39 is 42.9 Å². The standard InChI is InChI=1S/C9H15N3O6/c1-5(9(18)11-3-8(16)17)12-6(14)2-10-7(15)4-13/h5,13H,2-4H2,1H3,(H,10,15)(H,11,18)(H,12,14)(H,16,17)/t5-/m1/s1. The Labute approximate surface area is 103 Å². The van der Waals surface area contributed by atoms with Crippen molar-refractivity contribution in [3.63, 3.8) is 0 Å². The van der Waals surface area contributed by atoms with Crippen molar-refractivity contribution in [1.29, 1.82) is 0 Å². The van der Waals surface area contributed by atoms with Crippen LogP contribution >= 0.6 is 0 Å². The van der Waals surface area contributed by atoms with Crippen LogP contribution in [0.25, 0.3) is 0 Å². The normalized spacial score (nSPS) is 11.2. The molecule has 0 aliphatic rings. The zero-order chi connectivity index (χ0) is 14.1. The third kappa shape index (κ3) is 7.17. The molecule has 0 fully saturated rings. The van der Waals surface area contributed by atoms with Crippen molar-refractivity contribution < 1.29 is 29.4 Å². The van der Waals surface area contributed by atoms with E-state index in [-0.39, 0.29) is 6.54 Å². The predicted octanol–water partition coefficient (Wildman–Crippen LogP) is -3.20. The van der Waals surface area contributed by atoms with E-state index in [4.69, 9.17) is 10.2 Å². The highest BCUT2D eigenvalue weighted by Crippen LogP contribution is 1.82. The first-order chi connectivity index (χ1) is 8.36. The SMILES string of the molecule is C[C@@H](NC(=O)CNC(=O)CO)C(=O)NCC(=O)O. The van der Waals surface area contributed by atoms with Crippen molar-refractivity contribution in [3.05, 3.63) is 0 Å². The second-order valence-electron chi connectivity index (χ2n) is 3.34. The molecule has 9 heteroatoms. The van der Waals surface area contributed by atoms with E-state index in [0.717, 1.165) is 0 Å². The lowest BCUT2D eigenvalue weighted by Crippen LogP contribution is -2.48. The first-order valence-electron chi connectivity index (χ1n) is 5.03. The number of carboxylic acids is 1. The van der Waals surface area contributed by atoms with Crippen LogP contribution in [0.5, 0.6) is 0 Å². The van der Waals surface area contributed by atoms with Crippen molar-refractivity contribution >= 4 is 23.7 Å². The maximum Gasteiger partial charge on any atom is 0.322 e. The molecular formula is C9H15N3O6. The Kier molecular flexibility index (Phi) is 7.05. The highest BCUT2D eigenvalue weighted by Gasteiger charge is 2.16. The topological polar surface area (TPSA) is 145 Å². The molecule has 0 heterocycles. The summed E-state index contributed by atoms with van der Waals surface area (Å²) in [7, 11) is 0. The number of rotatable bonds is 7. The number of hydrogen-bond donors (Lipinski definition) is 5. The van der Waals surface area contributed by atoms with E-state index in [2.05, 4.69) is 16.0 Å². The molecule has 0 aliphatic carbocycles. The quantitative estimate of drug-likeness (QED) is 0.326. The van der Waals surface area contributed by atoms with Crippen molar-refractivity contribution in [2.75, 3.05) is 19.7 Å². The van der Waals surface area contributed by atoms with Gasteiger partial charge in [-0.15, -0.1) is 0 Å². The average molecular weight is 261 g/mol. The summed E-state index contributed by atoms with van der Waals surface area (Å²) in [4.78, 5) is 43.3. The van der Waals surface area contributed by atoms with Crippen LogP contribution in [0.2, 0.25) is 0 Å². The molecule has 1 atom stereocenters. The maximum absolute atomic E-state index is 11.3. The lowest BCUT2D eigenvalue weighted by atomic mass is 10.3. The number of carbonyl (C=O) groups is 4. The molecule has 0 bridgehead atoms. The number of nitrogens with one attached hydrogen (secondary N) is 3. The smallest absolute Gasteiger partial charge is 0.322 e. The fraction of sp³-hybridized carbons (Fsp3) is 0.556. The third-order valence-corrected chi connectivity index (χ3v) is 1.77. The first-order valence-corrected chi connectivity index (χ1v) is 5.03. The molecule has 0 spiro atoms. The number of carboxylic acid groups (broad SMARTS) is 1. The van der Waals surface area contributed by atoms with Gasteiger partial charge in [-0.05, 0) is 6.92 Å². The van der Waals surface area contributed by atoms with E-state index in [1.54, 1.807) is 0 Å². The lowest BCUT2D eigenvalue weighted by Gasteiger charge is -2.13. The average Bonchev–Trinajstić information content (AvgIpc) is 2.32. The highest BCUT2D eigenvalue weighted by atomic mass is 16.4. The fourth-order valence-electron chi connectivity index (χ4n) is 0.909. The molecule has 0 aromatic carbocycles. The molecule has 0 saturated heterocycles. The van der Waals surface area contributed by atoms with Crippen LogP contribution in [-0.2, 0) is 19.2 Å². The Hall–Kier alpha value is -2.16. The monoisotopic (exact) mass is 261 g/mol. The minimum atomic E-state index is -1.20. The molecule has 5 N–H and O–H groups in total. The van der Waals surface area contributed by atoms with Gasteiger partial charge in [0.1, 0.15) is 19.2 Å². The van der Waals surface area contributed by atoms with Gasteiger partial charge in [0, 0.05) is 0 Å². The number of carbonyl (C=O) groups excluding carboxylic acids is 3. The number of amides is 3. The molecule has 0 rings (SSSR count). The molecule has 0 radical (unpaired) electrons. The van der Waals surface area contributed by atoms with Gasteiger partial charge >= 0.3 is 5.97 Å². The Morgan fingerprint density at radius 2 is 1.67 bits per heavy atom. The van der Waals surface area contributed by atoms with E-state index in [1.807, 2.05) is 0 Å². The number of aliphatic hydroxyl groups excluding tert-OH is 1. The molecule has 0 saturated carbocycles. The summed E-state index contributed by atoms with van der Waals surface area (Å²) >= 11 is 0. The fourth-order valence-corrected chi connectivity index (χ4v) is 0.909. The minimum Gasteiger partial charge on any atom is -0.480 e. The summed E-state index contributed by atoms with van der Waals surface area (Å²) in [5.41, 5.74) is 0. The van der Waals surface area contributed by atoms with Crippen molar-refractivity contribution in [2.45, 2.75) is 13.0 Å². The maximum atomic E-state index is 11.3. The molecule has 0 unspecified atom stereocenters. The van der Waals surface area contributed by atoms with Crippen molar-refractivity contribution in [1.82, 2.24) is 16.0 Å². The first kappa shape index (κ1) is 15.8. The third-order valence-electron chi connectivity index (χ3n) is 1.77. The van der Waals surface area contributed by atoms with Crippen molar-refractivity contribution in [3.8, 4) is 0 Å². The van der Waals surface area contributed by atoms with Gasteiger partial charge in [0.2, 0.25) is 17.7 Å². The molecule has 0 aromatic heterocycles. The Balaban J connectivity index is 3.95. The van der Waals surface area contributed by atoms with E-state index in [9.17, 15) is 19.2 Å². The van der Waals surface area contributed by atoms with Crippen LogP contribution < -0.4 is 16.0 Å². The Bertz CT molecular complexity index is 343. The predicted molar refractivity (Wildman–Crippen MR) is 58.3 cm³/mol. The van der Waals surface area contributed by atoms with Crippen LogP contribution in [0.3, 0.4) is 0 Å². The minimum absolute atomic E-state index is 0.379. The zero-order valence-corrected chi connectivity index (χ0v) is 9.73. The Morgan fingerprint density at radius 1 is 1.06 bits per heavy atom. The largest absolute Gasteiger partial charge is 0.480 e. The molecule has 18 heavy (non-hydrogen) atoms. The van der Waals surface area contributed by atoms with E-state index in [0.29, 0.717) is 0 Å². The summed E-state index contributed by atoms with van der Waals surface area (Å²) in [6, 6.07) is -0.928. The van der Waals surface area contributed by atoms with Crippen LogP contribution in [0.4, 0.5) is 0 Å².